The van der Waals surface area contributed by atoms with Crippen molar-refractivity contribution >= 4 is 5.97 Å². The number of pyridine rings is 1. The summed E-state index contributed by atoms with van der Waals surface area (Å²) in [7, 11) is 2.02. The van der Waals surface area contributed by atoms with Crippen molar-refractivity contribution in [3.63, 3.8) is 0 Å². The van der Waals surface area contributed by atoms with E-state index in [2.05, 4.69) is 14.8 Å². The molecule has 2 N–H and O–H groups in total. The third-order valence-corrected chi connectivity index (χ3v) is 4.84. The Morgan fingerprint density at radius 3 is 2.85 bits per heavy atom. The maximum Gasteiger partial charge on any atom is 0.341 e. The van der Waals surface area contributed by atoms with Crippen LogP contribution in [-0.4, -0.2) is 76.9 Å². The summed E-state index contributed by atoms with van der Waals surface area (Å²) in [5.74, 6) is -0.439. The van der Waals surface area contributed by atoms with Crippen molar-refractivity contribution in [3.8, 4) is 17.0 Å². The number of rotatable bonds is 7. The summed E-state index contributed by atoms with van der Waals surface area (Å²) in [5.41, 5.74) is 2.73. The Balaban J connectivity index is 1.84. The van der Waals surface area contributed by atoms with Crippen molar-refractivity contribution in [1.29, 1.82) is 0 Å². The molecule has 1 aliphatic rings. The van der Waals surface area contributed by atoms with E-state index in [1.807, 2.05) is 43.4 Å². The number of aliphatic hydroxyl groups is 1. The summed E-state index contributed by atoms with van der Waals surface area (Å²) in [6.07, 6.45) is 1.75. The predicted molar refractivity (Wildman–Crippen MR) is 102 cm³/mol. The lowest BCUT2D eigenvalue weighted by Crippen LogP contribution is -2.52. The molecule has 1 aromatic heterocycles. The van der Waals surface area contributed by atoms with Crippen molar-refractivity contribution in [2.24, 2.45) is 0 Å². The smallest absolute Gasteiger partial charge is 0.341 e. The van der Waals surface area contributed by atoms with E-state index in [1.165, 1.54) is 0 Å². The van der Waals surface area contributed by atoms with Gasteiger partial charge in [-0.05, 0) is 37.4 Å². The van der Waals surface area contributed by atoms with Gasteiger partial charge in [-0.1, -0.05) is 6.07 Å². The molecule has 1 atom stereocenters. The summed E-state index contributed by atoms with van der Waals surface area (Å²) in [6, 6.07) is 11.5. The number of carbonyl (C=O) groups is 1. The van der Waals surface area contributed by atoms with Crippen LogP contribution in [0, 0.1) is 0 Å². The molecule has 3 rings (SSSR count). The van der Waals surface area contributed by atoms with Crippen LogP contribution in [0.5, 0.6) is 5.75 Å². The number of aliphatic hydroxyl groups excluding tert-OH is 1. The molecule has 0 unspecified atom stereocenters. The molecule has 1 aromatic carbocycles. The highest BCUT2D eigenvalue weighted by Gasteiger charge is 2.24. The molecule has 7 nitrogen and oxygen atoms in total. The molecule has 0 radical (unpaired) electrons. The van der Waals surface area contributed by atoms with Crippen molar-refractivity contribution in [2.75, 3.05) is 39.9 Å². The number of hydrogen-bond acceptors (Lipinski definition) is 6. The molecule has 27 heavy (non-hydrogen) atoms. The second kappa shape index (κ2) is 8.94. The monoisotopic (exact) mass is 371 g/mol. The molecule has 0 spiro atoms. The molecule has 0 amide bonds. The number of piperazine rings is 1. The summed E-state index contributed by atoms with van der Waals surface area (Å²) in [4.78, 5) is 19.7. The number of carboxylic acids is 1. The number of hydrogen-bond donors (Lipinski definition) is 2. The highest BCUT2D eigenvalue weighted by atomic mass is 16.5. The van der Waals surface area contributed by atoms with E-state index < -0.39 is 5.97 Å². The minimum atomic E-state index is -1.00. The van der Waals surface area contributed by atoms with Crippen molar-refractivity contribution in [3.05, 3.63) is 48.2 Å². The third kappa shape index (κ3) is 5.03. The van der Waals surface area contributed by atoms with Crippen LogP contribution in [0.2, 0.25) is 0 Å². The molecule has 144 valence electrons. The zero-order valence-electron chi connectivity index (χ0n) is 15.4. The molecule has 0 bridgehead atoms. The van der Waals surface area contributed by atoms with Crippen LogP contribution in [0.15, 0.2) is 42.6 Å². The standard InChI is InChI=1S/C20H25N3O4/c1-22-8-9-23(12-17(22)13-24)11-16-10-15(18-4-2-3-7-21-18)5-6-19(16)27-14-20(25)26/h2-7,10,17,24H,8-9,11-14H2,1H3,(H,25,26)/t17-/m1/s1. The first kappa shape index (κ1) is 19.3. The number of aromatic nitrogens is 1. The Labute approximate surface area is 158 Å². The molecule has 1 saturated heterocycles. The molecule has 2 aromatic rings. The van der Waals surface area contributed by atoms with Gasteiger partial charge >= 0.3 is 5.97 Å². The number of carboxylic acid groups (broad SMARTS) is 1. The largest absolute Gasteiger partial charge is 0.482 e. The molecule has 7 heteroatoms. The Morgan fingerprint density at radius 2 is 2.15 bits per heavy atom. The second-order valence-corrected chi connectivity index (χ2v) is 6.77. The zero-order chi connectivity index (χ0) is 19.2. The minimum Gasteiger partial charge on any atom is -0.482 e. The van der Waals surface area contributed by atoms with Crippen molar-refractivity contribution < 1.29 is 19.7 Å². The van der Waals surface area contributed by atoms with Gasteiger partial charge in [0.05, 0.1) is 12.3 Å². The minimum absolute atomic E-state index is 0.0983. The fraction of sp³-hybridized carbons (Fsp3) is 0.400. The first-order valence-electron chi connectivity index (χ1n) is 8.99. The average Bonchev–Trinajstić information content (AvgIpc) is 2.69. The number of likely N-dealkylation sites (N-methyl/N-ethyl adjacent to an activating group) is 1. The maximum atomic E-state index is 10.9. The number of nitrogens with zero attached hydrogens (tertiary/aromatic N) is 3. The van der Waals surface area contributed by atoms with Gasteiger partial charge < -0.3 is 14.9 Å². The van der Waals surface area contributed by atoms with Crippen molar-refractivity contribution in [2.45, 2.75) is 12.6 Å². The van der Waals surface area contributed by atoms with Crippen molar-refractivity contribution in [1.82, 2.24) is 14.8 Å². The van der Waals surface area contributed by atoms with Crippen LogP contribution in [0.3, 0.4) is 0 Å². The van der Waals surface area contributed by atoms with Gasteiger partial charge in [-0.2, -0.15) is 0 Å². The Bertz CT molecular complexity index is 769. The van der Waals surface area contributed by atoms with Crippen LogP contribution >= 0.6 is 0 Å². The van der Waals surface area contributed by atoms with Crippen LogP contribution in [-0.2, 0) is 11.3 Å². The van der Waals surface area contributed by atoms with Gasteiger partial charge in [0, 0.05) is 49.5 Å². The lowest BCUT2D eigenvalue weighted by molar-refractivity contribution is -0.139. The summed E-state index contributed by atoms with van der Waals surface area (Å²) >= 11 is 0. The zero-order valence-corrected chi connectivity index (χ0v) is 15.4. The normalized spacial score (nSPS) is 18.4. The molecule has 1 aliphatic heterocycles. The fourth-order valence-corrected chi connectivity index (χ4v) is 3.27. The molecular weight excluding hydrogens is 346 g/mol. The Kier molecular flexibility index (Phi) is 6.39. The van der Waals surface area contributed by atoms with E-state index in [1.54, 1.807) is 6.20 Å². The van der Waals surface area contributed by atoms with E-state index in [4.69, 9.17) is 9.84 Å². The fourth-order valence-electron chi connectivity index (χ4n) is 3.27. The van der Waals surface area contributed by atoms with Gasteiger partial charge in [0.15, 0.2) is 6.61 Å². The average molecular weight is 371 g/mol. The predicted octanol–water partition coefficient (Wildman–Crippen LogP) is 1.32. The lowest BCUT2D eigenvalue weighted by Gasteiger charge is -2.38. The van der Waals surface area contributed by atoms with E-state index in [9.17, 15) is 9.90 Å². The van der Waals surface area contributed by atoms with E-state index in [-0.39, 0.29) is 19.3 Å². The molecule has 2 heterocycles. The Morgan fingerprint density at radius 1 is 1.30 bits per heavy atom. The maximum absolute atomic E-state index is 10.9. The van der Waals surface area contributed by atoms with Crippen LogP contribution in [0.4, 0.5) is 0 Å². The van der Waals surface area contributed by atoms with Gasteiger partial charge in [0.1, 0.15) is 5.75 Å². The summed E-state index contributed by atoms with van der Waals surface area (Å²) in [5, 5.41) is 18.5. The van der Waals surface area contributed by atoms with Gasteiger partial charge in [-0.3, -0.25) is 14.8 Å². The van der Waals surface area contributed by atoms with Crippen LogP contribution in [0.1, 0.15) is 5.56 Å². The first-order valence-corrected chi connectivity index (χ1v) is 8.99. The first-order chi connectivity index (χ1) is 13.1. The van der Waals surface area contributed by atoms with Gasteiger partial charge in [0.2, 0.25) is 0 Å². The molecule has 0 saturated carbocycles. The summed E-state index contributed by atoms with van der Waals surface area (Å²) in [6.45, 7) is 2.86. The number of benzene rings is 1. The quantitative estimate of drug-likeness (QED) is 0.759. The second-order valence-electron chi connectivity index (χ2n) is 6.77. The molecular formula is C20H25N3O4. The number of aliphatic carboxylic acids is 1. The van der Waals surface area contributed by atoms with E-state index in [0.29, 0.717) is 12.3 Å². The van der Waals surface area contributed by atoms with Gasteiger partial charge in [-0.15, -0.1) is 0 Å². The van der Waals surface area contributed by atoms with E-state index >= 15 is 0 Å². The molecule has 0 aliphatic carbocycles. The highest BCUT2D eigenvalue weighted by molar-refractivity contribution is 5.69. The topological polar surface area (TPSA) is 86.1 Å². The summed E-state index contributed by atoms with van der Waals surface area (Å²) < 4.78 is 5.50. The lowest BCUT2D eigenvalue weighted by atomic mass is 10.0. The molecule has 1 fully saturated rings. The highest BCUT2D eigenvalue weighted by Crippen LogP contribution is 2.27. The number of ether oxygens (including phenoxy) is 1. The van der Waals surface area contributed by atoms with Crippen LogP contribution < -0.4 is 4.74 Å². The SMILES string of the molecule is CN1CCN(Cc2cc(-c3ccccn3)ccc2OCC(=O)O)C[C@@H]1CO. The van der Waals surface area contributed by atoms with Gasteiger partial charge in [-0.25, -0.2) is 4.79 Å². The third-order valence-electron chi connectivity index (χ3n) is 4.84. The van der Waals surface area contributed by atoms with Crippen LogP contribution in [0.25, 0.3) is 11.3 Å². The van der Waals surface area contributed by atoms with Gasteiger partial charge in [0.25, 0.3) is 0 Å². The Hall–Kier alpha value is -2.48. The van der Waals surface area contributed by atoms with E-state index in [0.717, 1.165) is 36.5 Å².